The maximum absolute atomic E-state index is 14.9. The fourth-order valence-corrected chi connectivity index (χ4v) is 20.3. The summed E-state index contributed by atoms with van der Waals surface area (Å²) in [6, 6.07) is 10.1. The summed E-state index contributed by atoms with van der Waals surface area (Å²) in [5.41, 5.74) is -0.984. The molecule has 6 aromatic rings. The van der Waals surface area contributed by atoms with Gasteiger partial charge in [-0.2, -0.15) is 34.1 Å². The number of rotatable bonds is 24. The molecule has 5 fully saturated rings. The Bertz CT molecular complexity index is 5370. The monoisotopic (exact) mass is 1850 g/mol. The fourth-order valence-electron chi connectivity index (χ4n) is 16.4. The number of nitrogens with zero attached hydrogens (tertiary/aromatic N) is 10. The van der Waals surface area contributed by atoms with E-state index in [4.69, 9.17) is 48.4 Å². The third kappa shape index (κ3) is 22.8. The molecular formula is C88H122N16O20S4. The number of aromatic nitrogens is 4. The molecule has 2 unspecified atom stereocenters. The van der Waals surface area contributed by atoms with E-state index in [1.165, 1.54) is 69.3 Å². The topological polar surface area (TPSA) is 444 Å². The first kappa shape index (κ1) is 97.0. The normalized spacial score (nSPS) is 25.4. The number of carboxylic acids is 2. The highest BCUT2D eigenvalue weighted by Gasteiger charge is 2.63. The summed E-state index contributed by atoms with van der Waals surface area (Å²) in [4.78, 5) is 134. The van der Waals surface area contributed by atoms with Crippen LogP contribution in [0.5, 0.6) is 23.0 Å². The number of hydrogen-bond donors (Lipinski definition) is 8. The van der Waals surface area contributed by atoms with Gasteiger partial charge in [-0.15, -0.1) is 22.7 Å². The number of alkyl carbamates (subject to hydrolysis) is 2. The minimum atomic E-state index is -3.84. The summed E-state index contributed by atoms with van der Waals surface area (Å²) < 4.78 is 92.8. The number of benzene rings is 2. The molecule has 128 heavy (non-hydrogen) atoms. The lowest BCUT2D eigenvalue weighted by molar-refractivity contribution is -0.146. The first-order chi connectivity index (χ1) is 60.4. The van der Waals surface area contributed by atoms with Crippen molar-refractivity contribution in [2.24, 2.45) is 22.7 Å². The number of carboxylic acid groups (broad SMARTS) is 2. The van der Waals surface area contributed by atoms with Gasteiger partial charge in [0.25, 0.3) is 20.4 Å². The van der Waals surface area contributed by atoms with Crippen LogP contribution in [0.15, 0.2) is 83.6 Å². The number of thiazole rings is 2. The maximum Gasteiger partial charge on any atom is 0.408 e. The summed E-state index contributed by atoms with van der Waals surface area (Å²) >= 11 is 2.89. The number of carbonyl (C=O) groups excluding carboxylic acids is 6. The Balaban J connectivity index is 0.000000232. The van der Waals surface area contributed by atoms with E-state index in [-0.39, 0.29) is 83.3 Å². The van der Waals surface area contributed by atoms with Crippen molar-refractivity contribution in [3.8, 4) is 45.8 Å². The molecular weight excluding hydrogens is 1730 g/mol. The molecule has 6 amide bonds. The molecule has 3 saturated heterocycles. The zero-order chi connectivity index (χ0) is 92.9. The van der Waals surface area contributed by atoms with Gasteiger partial charge < -0.3 is 80.3 Å². The Labute approximate surface area is 755 Å². The number of anilines is 2. The molecule has 2 saturated carbocycles. The number of pyridine rings is 2. The average Bonchev–Trinajstić information content (AvgIpc) is 1.58. The Morgan fingerprint density at radius 2 is 1.04 bits per heavy atom. The highest BCUT2D eigenvalue weighted by molar-refractivity contribution is 7.87. The van der Waals surface area contributed by atoms with Crippen LogP contribution in [-0.4, -0.2) is 275 Å². The van der Waals surface area contributed by atoms with E-state index in [0.717, 1.165) is 31.7 Å². The van der Waals surface area contributed by atoms with Gasteiger partial charge in [0.1, 0.15) is 94.0 Å². The summed E-state index contributed by atoms with van der Waals surface area (Å²) in [7, 11) is 1.28. The SMILES string of the molecule is COc1ccc2c(O[C@@H]3C[C@H]4C(=O)N[C@]5(C(=O)O)CC5/C=C\CCCCC[C@H](NC(=O)O[C@H](CN(C)S(=O)(=O)N(C)C)C(C)(C)C)C(=O)N4C3)cc(-c3csc(NC(C)C)n3)nc2c1.COc1ccc2c(O[C@@H]3C[C@H]4C(=O)N[C@]5(C(=O)O)CC5/C=C\CCCCC[C@H](NC(=O)O[C@H](CN5CCN(C)S5(=O)=O)C(C)(C)C)C(=O)N4C3)cc(-c3csc(NC(C)C)n3)nc2c1. The zero-order valence-electron chi connectivity index (χ0n) is 75.5. The number of hydrogen-bond acceptors (Lipinski definition) is 26. The largest absolute Gasteiger partial charge is 0.497 e. The predicted octanol–water partition coefficient (Wildman–Crippen LogP) is 10.3. The number of amides is 6. The molecule has 2 aliphatic carbocycles. The van der Waals surface area contributed by atoms with E-state index in [0.29, 0.717) is 113 Å². The van der Waals surface area contributed by atoms with Crippen LogP contribution in [0.4, 0.5) is 19.9 Å². The number of ether oxygens (including phenoxy) is 6. The van der Waals surface area contributed by atoms with Crippen molar-refractivity contribution < 1.29 is 93.8 Å². The Hall–Kier alpha value is -10.1. The van der Waals surface area contributed by atoms with Crippen molar-refractivity contribution in [1.82, 2.24) is 68.2 Å². The lowest BCUT2D eigenvalue weighted by Gasteiger charge is -2.34. The van der Waals surface area contributed by atoms with E-state index in [1.54, 1.807) is 50.6 Å². The number of nitrogens with one attached hydrogen (secondary N) is 6. The standard InChI is InChI=1S/C44H60N8O10S2.C44H62N8O10S2/c1-26(2)45-41-47-34(25-63-41)33-21-36(30-16-15-28(60-7)19-32(30)46-33)61-29-20-35-38(53)49-44(40(55)56)22-27(44)13-11-9-8-10-12-14-31(39(54)52(35)23-29)48-42(57)62-37(43(3,4)5)24-51-18-17-50(6)64(51,58)59;1-26(2)45-41-47-34(25-63-41)33-21-36(30-18-17-28(60-9)19-32(30)46-33)61-29-20-35-38(53)49-44(40(55)56)22-27(44)15-13-11-10-12-14-16-31(39(54)52(35)23-29)48-42(57)62-37(43(3,4)5)24-51(8)64(58,59)50(6)7/h11,13,15-16,19,21,25-27,29,31,35,37H,8-10,12,14,17-18,20,22-24H2,1-7H3,(H,45,47)(H,48,57)(H,49,53)(H,55,56);13,15,17-19,21,25-27,29,31,35,37H,10-12,14,16,20,22-24H2,1-9H3,(H,45,47)(H,48,57)(H,49,53)(H,55,56)/b13-11-;15-13-/t2*27?,29-,31+,35+,37-,44-/m11/s1. The second kappa shape index (κ2) is 40.1. The molecule has 9 heterocycles. The van der Waals surface area contributed by atoms with Gasteiger partial charge >= 0.3 is 24.1 Å². The van der Waals surface area contributed by atoms with Crippen LogP contribution in [0.25, 0.3) is 44.6 Å². The van der Waals surface area contributed by atoms with E-state index in [2.05, 4.69) is 31.9 Å². The molecule has 0 bridgehead atoms. The van der Waals surface area contributed by atoms with E-state index in [1.807, 2.05) is 116 Å². The molecule has 36 nitrogen and oxygen atoms in total. The molecule has 13 rings (SSSR count). The molecule has 698 valence electrons. The van der Waals surface area contributed by atoms with Gasteiger partial charge in [-0.1, -0.05) is 91.5 Å². The zero-order valence-corrected chi connectivity index (χ0v) is 78.8. The van der Waals surface area contributed by atoms with Crippen LogP contribution in [-0.2, 0) is 58.7 Å². The van der Waals surface area contributed by atoms with Crippen molar-refractivity contribution in [3.63, 3.8) is 0 Å². The second-order valence-corrected chi connectivity index (χ2v) is 42.9. The van der Waals surface area contributed by atoms with Crippen molar-refractivity contribution in [1.29, 1.82) is 0 Å². The van der Waals surface area contributed by atoms with Crippen molar-refractivity contribution in [3.05, 3.63) is 83.6 Å². The molecule has 40 heteroatoms. The summed E-state index contributed by atoms with van der Waals surface area (Å²) in [6.45, 7) is 19.2. The lowest BCUT2D eigenvalue weighted by atomic mass is 9.89. The fraction of sp³-hybridized carbons (Fsp3) is 0.591. The second-order valence-electron chi connectivity index (χ2n) is 36.9. The van der Waals surface area contributed by atoms with E-state index < -0.39 is 150 Å². The number of aliphatic carboxylic acids is 2. The molecule has 7 aliphatic rings. The van der Waals surface area contributed by atoms with Crippen molar-refractivity contribution >= 4 is 123 Å². The molecule has 0 spiro atoms. The number of methoxy groups -OCH3 is 2. The van der Waals surface area contributed by atoms with E-state index >= 15 is 0 Å². The van der Waals surface area contributed by atoms with Gasteiger partial charge in [-0.3, -0.25) is 19.2 Å². The number of likely N-dealkylation sites (N-methyl/N-ethyl adjacent to an activating group) is 2. The Morgan fingerprint density at radius 3 is 1.42 bits per heavy atom. The predicted molar refractivity (Wildman–Crippen MR) is 485 cm³/mol. The van der Waals surface area contributed by atoms with Crippen LogP contribution in [0.2, 0.25) is 0 Å². The smallest absolute Gasteiger partial charge is 0.408 e. The highest BCUT2D eigenvalue weighted by Crippen LogP contribution is 2.48. The maximum atomic E-state index is 14.9. The lowest BCUT2D eigenvalue weighted by Crippen LogP contribution is -2.56. The summed E-state index contributed by atoms with van der Waals surface area (Å²) in [5.74, 6) is -3.54. The summed E-state index contributed by atoms with van der Waals surface area (Å²) in [6.07, 6.45) is 8.74. The van der Waals surface area contributed by atoms with E-state index in [9.17, 15) is 65.4 Å². The van der Waals surface area contributed by atoms with Crippen LogP contribution in [0.3, 0.4) is 0 Å². The van der Waals surface area contributed by atoms with Gasteiger partial charge in [0.15, 0.2) is 10.3 Å². The molecule has 8 N–H and O–H groups in total. The van der Waals surface area contributed by atoms with Gasteiger partial charge in [-0.05, 0) is 103 Å². The van der Waals surface area contributed by atoms with Crippen LogP contribution in [0.1, 0.15) is 159 Å². The highest BCUT2D eigenvalue weighted by atomic mass is 32.2. The van der Waals surface area contributed by atoms with Gasteiger partial charge in [0.2, 0.25) is 23.6 Å². The quantitative estimate of drug-likeness (QED) is 0.0261. The van der Waals surface area contributed by atoms with Crippen LogP contribution in [0, 0.1) is 22.7 Å². The van der Waals surface area contributed by atoms with Gasteiger partial charge in [-0.25, -0.2) is 39.1 Å². The number of fused-ring (bicyclic) bond motifs is 6. The summed E-state index contributed by atoms with van der Waals surface area (Å²) in [5, 5.41) is 45.1. The number of allylic oxidation sites excluding steroid dienone is 2. The Morgan fingerprint density at radius 1 is 0.609 bits per heavy atom. The molecule has 4 aromatic heterocycles. The Kier molecular flexibility index (Phi) is 30.4. The minimum Gasteiger partial charge on any atom is -0.497 e. The first-order valence-electron chi connectivity index (χ1n) is 43.5. The molecule has 0 radical (unpaired) electrons. The third-order valence-corrected chi connectivity index (χ3v) is 29.6. The van der Waals surface area contributed by atoms with Gasteiger partial charge in [0, 0.05) is 135 Å². The first-order valence-corrected chi connectivity index (χ1v) is 48.1. The molecule has 12 atom stereocenters. The molecule has 2 aromatic carbocycles. The minimum absolute atomic E-state index is 0.0121. The van der Waals surface area contributed by atoms with Crippen molar-refractivity contribution in [2.75, 3.05) is 92.3 Å². The van der Waals surface area contributed by atoms with Crippen LogP contribution >= 0.6 is 22.7 Å². The van der Waals surface area contributed by atoms with Crippen LogP contribution < -0.4 is 50.8 Å². The third-order valence-electron chi connectivity index (χ3n) is 24.2. The number of carbonyl (C=O) groups is 8. The average molecular weight is 1850 g/mol. The molecule has 5 aliphatic heterocycles. The van der Waals surface area contributed by atoms with Crippen molar-refractivity contribution in [2.45, 2.75) is 231 Å². The van der Waals surface area contributed by atoms with Gasteiger partial charge in [0.05, 0.1) is 62.8 Å².